The zero-order chi connectivity index (χ0) is 41.3. The first-order chi connectivity index (χ1) is 27.7. The van der Waals surface area contributed by atoms with Crippen LogP contribution in [0.4, 0.5) is 17.5 Å². The van der Waals surface area contributed by atoms with Crippen LogP contribution in [0, 0.1) is 0 Å². The number of aliphatic carboxylic acids is 2. The Kier molecular flexibility index (Phi) is 10.1. The molecule has 4 aromatic carbocycles. The molecule has 0 fully saturated rings. The molecular formula is C40H34N8O10. The van der Waals surface area contributed by atoms with Crippen molar-refractivity contribution in [3.8, 4) is 23.0 Å². The summed E-state index contributed by atoms with van der Waals surface area (Å²) in [5.41, 5.74) is 14.9. The molecule has 6 aromatic rings. The maximum absolute atomic E-state index is 12.5. The molecule has 0 bridgehead atoms. The summed E-state index contributed by atoms with van der Waals surface area (Å²) in [5, 5.41) is 39.9. The number of rotatable bonds is 9. The zero-order valence-corrected chi connectivity index (χ0v) is 30.5. The molecule has 2 aliphatic rings. The molecule has 18 nitrogen and oxygen atoms in total. The van der Waals surface area contributed by atoms with Crippen molar-refractivity contribution in [3.63, 3.8) is 0 Å². The number of phenolic OH excluding ortho intramolecular Hbond substituents is 2. The van der Waals surface area contributed by atoms with Crippen LogP contribution in [0.15, 0.2) is 91.1 Å². The molecule has 18 heteroatoms. The number of nitrogens with one attached hydrogen (secondary N) is 1. The number of amides is 1. The summed E-state index contributed by atoms with van der Waals surface area (Å²) < 4.78 is 11.8. The number of carbonyl (C=O) groups excluding carboxylic acids is 2. The first-order valence-corrected chi connectivity index (χ1v) is 17.5. The van der Waals surface area contributed by atoms with Crippen LogP contribution in [0.2, 0.25) is 0 Å². The minimum Gasteiger partial charge on any atom is -0.508 e. The van der Waals surface area contributed by atoms with Gasteiger partial charge in [-0.25, -0.2) is 19.6 Å². The maximum Gasteiger partial charge on any atom is 0.340 e. The van der Waals surface area contributed by atoms with E-state index in [4.69, 9.17) is 26.0 Å². The van der Waals surface area contributed by atoms with E-state index in [2.05, 4.69) is 25.3 Å². The second-order valence-corrected chi connectivity index (χ2v) is 13.3. The monoisotopic (exact) mass is 786 g/mol. The van der Waals surface area contributed by atoms with Crippen molar-refractivity contribution in [2.75, 3.05) is 23.4 Å². The molecule has 8 rings (SSSR count). The lowest BCUT2D eigenvalue weighted by Crippen LogP contribution is -2.41. The van der Waals surface area contributed by atoms with Crippen molar-refractivity contribution < 1.29 is 49.1 Å². The van der Waals surface area contributed by atoms with Crippen molar-refractivity contribution in [1.29, 1.82) is 0 Å². The molecule has 294 valence electrons. The number of carboxylic acid groups (broad SMARTS) is 2. The maximum atomic E-state index is 12.5. The van der Waals surface area contributed by atoms with E-state index in [1.165, 1.54) is 36.4 Å². The highest BCUT2D eigenvalue weighted by Crippen LogP contribution is 2.56. The minimum absolute atomic E-state index is 0.0138. The van der Waals surface area contributed by atoms with Crippen molar-refractivity contribution in [2.45, 2.75) is 31.0 Å². The largest absolute Gasteiger partial charge is 0.508 e. The molecule has 2 aromatic heterocycles. The summed E-state index contributed by atoms with van der Waals surface area (Å²) in [6.45, 7) is 0.370. The van der Waals surface area contributed by atoms with E-state index in [0.29, 0.717) is 57.2 Å². The predicted octanol–water partition coefficient (Wildman–Crippen LogP) is 3.93. The van der Waals surface area contributed by atoms with Gasteiger partial charge in [0.2, 0.25) is 5.95 Å². The molecule has 4 heterocycles. The number of phenols is 2. The van der Waals surface area contributed by atoms with Crippen LogP contribution in [0.25, 0.3) is 11.2 Å². The van der Waals surface area contributed by atoms with Crippen LogP contribution in [0.1, 0.15) is 55.9 Å². The number of aromatic nitrogens is 4. The summed E-state index contributed by atoms with van der Waals surface area (Å²) in [7, 11) is 1.82. The first kappa shape index (κ1) is 38.3. The SMILES string of the molecule is CN(Cc1cnc2nc(N)nc(N)c2n1)c1ccc(C(=O)N[C@@H](CCC(=O)O)C(=O)O)cc1.O=C1OC2(c3ccc(O)cc3Oc3cc(O)ccc32)c2ccccc21. The molecule has 1 amide bonds. The third-order valence-electron chi connectivity index (χ3n) is 9.40. The molecule has 2 aliphatic heterocycles. The Morgan fingerprint density at radius 3 is 2.16 bits per heavy atom. The average Bonchev–Trinajstić information content (AvgIpc) is 3.48. The van der Waals surface area contributed by atoms with E-state index >= 15 is 0 Å². The van der Waals surface area contributed by atoms with Crippen LogP contribution >= 0.6 is 0 Å². The van der Waals surface area contributed by atoms with Crippen LogP contribution in [0.3, 0.4) is 0 Å². The van der Waals surface area contributed by atoms with Crippen LogP contribution in [-0.2, 0) is 26.5 Å². The standard InChI is InChI=1S/C20H22N8O5.C20H12O5/c1-28(9-11-8-23-17-15(24-11)16(21)26-20(22)27-17)12-4-2-10(3-5-12)18(31)25-13(19(32)33)6-7-14(29)30;21-11-5-7-15-17(9-11)24-18-10-12(22)6-8-16(18)20(15)14-4-2-1-3-13(14)19(23)25-20/h2-5,8,13H,6-7,9H2,1H3,(H,25,31)(H,29,30)(H,32,33)(H4,21,22,23,26,27);1-10,21-22H/t13-;/m0./s1. The second-order valence-electron chi connectivity index (χ2n) is 13.3. The quantitative estimate of drug-likeness (QED) is 0.102. The van der Waals surface area contributed by atoms with Gasteiger partial charge in [-0.3, -0.25) is 9.59 Å². The summed E-state index contributed by atoms with van der Waals surface area (Å²) in [6.07, 6.45) is 0.964. The lowest BCUT2D eigenvalue weighted by Gasteiger charge is -2.36. The summed E-state index contributed by atoms with van der Waals surface area (Å²) in [4.78, 5) is 65.2. The number of ether oxygens (including phenoxy) is 2. The van der Waals surface area contributed by atoms with Crippen molar-refractivity contribution in [3.05, 3.63) is 125 Å². The first-order valence-electron chi connectivity index (χ1n) is 17.5. The van der Waals surface area contributed by atoms with E-state index in [1.54, 1.807) is 42.6 Å². The highest BCUT2D eigenvalue weighted by Gasteiger charge is 2.53. The minimum atomic E-state index is -1.30. The third-order valence-corrected chi connectivity index (χ3v) is 9.40. The normalized spacial score (nSPS) is 13.4. The molecule has 9 N–H and O–H groups in total. The summed E-state index contributed by atoms with van der Waals surface area (Å²) in [6, 6.07) is 21.7. The molecule has 0 saturated carbocycles. The van der Waals surface area contributed by atoms with Gasteiger partial charge in [-0.05, 0) is 61.0 Å². The van der Waals surface area contributed by atoms with Crippen molar-refractivity contribution in [2.24, 2.45) is 0 Å². The number of esters is 1. The van der Waals surface area contributed by atoms with Crippen molar-refractivity contribution in [1.82, 2.24) is 25.3 Å². The van der Waals surface area contributed by atoms with Gasteiger partial charge in [-0.2, -0.15) is 9.97 Å². The van der Waals surface area contributed by atoms with Gasteiger partial charge < -0.3 is 51.6 Å². The molecule has 0 radical (unpaired) electrons. The number of anilines is 3. The lowest BCUT2D eigenvalue weighted by molar-refractivity contribution is -0.140. The highest BCUT2D eigenvalue weighted by molar-refractivity contribution is 5.98. The fourth-order valence-electron chi connectivity index (χ4n) is 6.68. The summed E-state index contributed by atoms with van der Waals surface area (Å²) >= 11 is 0. The van der Waals surface area contributed by atoms with E-state index < -0.39 is 35.5 Å². The van der Waals surface area contributed by atoms with Gasteiger partial charge in [0, 0.05) is 53.5 Å². The molecular weight excluding hydrogens is 752 g/mol. The fraction of sp³-hybridized carbons (Fsp3) is 0.150. The van der Waals surface area contributed by atoms with Crippen LogP contribution in [0.5, 0.6) is 23.0 Å². The highest BCUT2D eigenvalue weighted by atomic mass is 16.6. The van der Waals surface area contributed by atoms with Gasteiger partial charge in [0.05, 0.1) is 24.0 Å². The number of nitrogens with two attached hydrogens (primary N) is 2. The fourth-order valence-corrected chi connectivity index (χ4v) is 6.68. The Morgan fingerprint density at radius 1 is 0.862 bits per heavy atom. The molecule has 0 saturated heterocycles. The van der Waals surface area contributed by atoms with Gasteiger partial charge >= 0.3 is 17.9 Å². The Bertz CT molecular complexity index is 2570. The van der Waals surface area contributed by atoms with Crippen molar-refractivity contribution >= 4 is 52.4 Å². The number of nitrogens with zero attached hydrogens (tertiary/aromatic N) is 5. The Hall–Kier alpha value is -8.02. The van der Waals surface area contributed by atoms with E-state index in [0.717, 1.165) is 5.69 Å². The van der Waals surface area contributed by atoms with Crippen LogP contribution in [-0.4, -0.2) is 77.3 Å². The number of aromatic hydroxyl groups is 2. The number of benzene rings is 4. The predicted molar refractivity (Wildman–Crippen MR) is 206 cm³/mol. The molecule has 1 spiro atoms. The second kappa shape index (κ2) is 15.3. The lowest BCUT2D eigenvalue weighted by atomic mass is 9.77. The zero-order valence-electron chi connectivity index (χ0n) is 30.5. The Labute approximate surface area is 328 Å². The number of carboxylic acids is 2. The third kappa shape index (κ3) is 7.36. The van der Waals surface area contributed by atoms with E-state index in [1.807, 2.05) is 24.1 Å². The number of hydrogen-bond acceptors (Lipinski definition) is 15. The Balaban J connectivity index is 0.000000182. The van der Waals surface area contributed by atoms with Gasteiger partial charge in [0.15, 0.2) is 22.6 Å². The Morgan fingerprint density at radius 2 is 1.52 bits per heavy atom. The van der Waals surface area contributed by atoms with Crippen LogP contribution < -0.4 is 26.4 Å². The molecule has 0 aliphatic carbocycles. The van der Waals surface area contributed by atoms with Gasteiger partial charge in [-0.1, -0.05) is 18.2 Å². The number of hydrogen-bond donors (Lipinski definition) is 7. The average molecular weight is 787 g/mol. The molecule has 1 atom stereocenters. The molecule has 0 unspecified atom stereocenters. The van der Waals surface area contributed by atoms with E-state index in [-0.39, 0.29) is 41.7 Å². The number of fused-ring (bicyclic) bond motifs is 7. The number of nitrogen functional groups attached to an aromatic ring is 2. The van der Waals surface area contributed by atoms with E-state index in [9.17, 15) is 34.5 Å². The van der Waals surface area contributed by atoms with Gasteiger partial charge in [0.25, 0.3) is 5.91 Å². The molecule has 58 heavy (non-hydrogen) atoms. The smallest absolute Gasteiger partial charge is 0.340 e. The van der Waals surface area contributed by atoms with Gasteiger partial charge in [0.1, 0.15) is 29.0 Å². The topological polar surface area (TPSA) is 287 Å². The summed E-state index contributed by atoms with van der Waals surface area (Å²) in [5.74, 6) is -2.50. The number of carbonyl (C=O) groups is 4. The van der Waals surface area contributed by atoms with Gasteiger partial charge in [-0.15, -0.1) is 0 Å².